The Kier molecular flexibility index (Phi) is 5.20. The molecule has 26 heavy (non-hydrogen) atoms. The van der Waals surface area contributed by atoms with Crippen LogP contribution >= 0.6 is 0 Å². The van der Waals surface area contributed by atoms with Crippen molar-refractivity contribution in [2.24, 2.45) is 0 Å². The molecule has 0 saturated carbocycles. The van der Waals surface area contributed by atoms with Gasteiger partial charge in [0.15, 0.2) is 5.78 Å². The summed E-state index contributed by atoms with van der Waals surface area (Å²) in [5.74, 6) is -0.752. The fourth-order valence-corrected chi connectivity index (χ4v) is 3.26. The van der Waals surface area contributed by atoms with Gasteiger partial charge in [-0.2, -0.15) is 0 Å². The first kappa shape index (κ1) is 18.3. The van der Waals surface area contributed by atoms with Gasteiger partial charge in [-0.15, -0.1) is 0 Å². The van der Waals surface area contributed by atoms with Crippen molar-refractivity contribution in [1.29, 1.82) is 0 Å². The molecule has 1 N–H and O–H groups in total. The number of rotatable bonds is 6. The number of hydrogen-bond donors (Lipinski definition) is 1. The zero-order valence-electron chi connectivity index (χ0n) is 15.4. The normalized spacial score (nSPS) is 17.7. The van der Waals surface area contributed by atoms with Crippen molar-refractivity contribution in [1.82, 2.24) is 10.3 Å². The first-order valence-corrected chi connectivity index (χ1v) is 9.08. The van der Waals surface area contributed by atoms with Gasteiger partial charge < -0.3 is 10.2 Å². The summed E-state index contributed by atoms with van der Waals surface area (Å²) in [4.78, 5) is 30.4. The van der Waals surface area contributed by atoms with Crippen molar-refractivity contribution >= 4 is 28.3 Å². The molecule has 2 heterocycles. The van der Waals surface area contributed by atoms with E-state index in [9.17, 15) is 14.0 Å². The third kappa shape index (κ3) is 3.54. The number of benzene rings is 1. The number of anilines is 1. The molecule has 6 heteroatoms. The molecule has 1 saturated heterocycles. The Morgan fingerprint density at radius 3 is 2.73 bits per heavy atom. The van der Waals surface area contributed by atoms with E-state index >= 15 is 0 Å². The van der Waals surface area contributed by atoms with Crippen LogP contribution in [-0.2, 0) is 4.79 Å². The molecule has 1 aliphatic heterocycles. The lowest BCUT2D eigenvalue weighted by molar-refractivity contribution is -0.118. The Morgan fingerprint density at radius 1 is 1.38 bits per heavy atom. The second kappa shape index (κ2) is 7.40. The van der Waals surface area contributed by atoms with E-state index in [-0.39, 0.29) is 17.5 Å². The molecule has 1 aromatic carbocycles. The minimum absolute atomic E-state index is 0.0756. The molecule has 1 amide bonds. The number of hydrogen-bond acceptors (Lipinski definition) is 4. The number of Topliss-reactive ketones (excluding diaryl/α,β-unsaturated/α-hetero) is 1. The van der Waals surface area contributed by atoms with Gasteiger partial charge in [0, 0.05) is 24.2 Å². The number of aromatic nitrogens is 1. The van der Waals surface area contributed by atoms with Crippen molar-refractivity contribution in [2.75, 3.05) is 11.4 Å². The standard InChI is InChI=1S/C20H24FN3O2/c1-4-5-17(13(3)25)23-20(26)15-8-14-9-16(21)19(10-18(14)22-11-15)24-7-6-12(24)2/h8-12,17H,4-7H2,1-3H3,(H,23,26)/t12?,17-/m0/s1. The number of amides is 1. The third-order valence-corrected chi connectivity index (χ3v) is 5.01. The monoisotopic (exact) mass is 357 g/mol. The van der Waals surface area contributed by atoms with Crippen molar-refractivity contribution in [2.45, 2.75) is 52.1 Å². The lowest BCUT2D eigenvalue weighted by Gasteiger charge is -2.40. The molecule has 3 rings (SSSR count). The van der Waals surface area contributed by atoms with Gasteiger partial charge in [-0.25, -0.2) is 4.39 Å². The van der Waals surface area contributed by atoms with E-state index in [1.165, 1.54) is 19.2 Å². The van der Waals surface area contributed by atoms with E-state index in [1.54, 1.807) is 12.1 Å². The van der Waals surface area contributed by atoms with Crippen LogP contribution in [0.1, 0.15) is 50.4 Å². The number of ketones is 1. The molecule has 0 bridgehead atoms. The van der Waals surface area contributed by atoms with E-state index in [2.05, 4.69) is 17.2 Å². The Morgan fingerprint density at radius 2 is 2.15 bits per heavy atom. The molecular formula is C20H24FN3O2. The van der Waals surface area contributed by atoms with Gasteiger partial charge in [-0.1, -0.05) is 13.3 Å². The predicted octanol–water partition coefficient (Wildman–Crippen LogP) is 3.46. The zero-order chi connectivity index (χ0) is 18.8. The summed E-state index contributed by atoms with van der Waals surface area (Å²) in [5, 5.41) is 3.31. The average Bonchev–Trinajstić information content (AvgIpc) is 2.60. The molecule has 0 aliphatic carbocycles. The zero-order valence-corrected chi connectivity index (χ0v) is 15.4. The molecule has 2 atom stereocenters. The van der Waals surface area contributed by atoms with Crippen LogP contribution in [-0.4, -0.2) is 35.3 Å². The van der Waals surface area contributed by atoms with Crippen molar-refractivity contribution in [3.8, 4) is 0 Å². The summed E-state index contributed by atoms with van der Waals surface area (Å²) in [6, 6.07) is 4.60. The molecule has 5 nitrogen and oxygen atoms in total. The van der Waals surface area contributed by atoms with Crippen LogP contribution in [0.15, 0.2) is 24.4 Å². The van der Waals surface area contributed by atoms with Gasteiger partial charge in [0.2, 0.25) is 0 Å². The van der Waals surface area contributed by atoms with Crippen LogP contribution in [0.2, 0.25) is 0 Å². The first-order chi connectivity index (χ1) is 12.4. The number of carbonyl (C=O) groups is 2. The SMILES string of the molecule is CCC[C@H](NC(=O)c1cnc2cc(N3CCC3C)c(F)cc2c1)C(C)=O. The van der Waals surface area contributed by atoms with Crippen LogP contribution in [0.4, 0.5) is 10.1 Å². The van der Waals surface area contributed by atoms with Gasteiger partial charge in [0.05, 0.1) is 22.8 Å². The van der Waals surface area contributed by atoms with Crippen molar-refractivity contribution in [3.05, 3.63) is 35.8 Å². The van der Waals surface area contributed by atoms with Crippen LogP contribution in [0, 0.1) is 5.82 Å². The second-order valence-electron chi connectivity index (χ2n) is 6.98. The highest BCUT2D eigenvalue weighted by Crippen LogP contribution is 2.31. The largest absolute Gasteiger partial charge is 0.366 e. The van der Waals surface area contributed by atoms with Gasteiger partial charge in [0.1, 0.15) is 5.82 Å². The summed E-state index contributed by atoms with van der Waals surface area (Å²) in [6.45, 7) is 6.33. The predicted molar refractivity (Wildman–Crippen MR) is 100.0 cm³/mol. The summed E-state index contributed by atoms with van der Waals surface area (Å²) in [5.41, 5.74) is 1.53. The molecular weight excluding hydrogens is 333 g/mol. The molecule has 1 aromatic heterocycles. The number of fused-ring (bicyclic) bond motifs is 1. The number of pyridine rings is 1. The molecule has 1 unspecified atom stereocenters. The highest BCUT2D eigenvalue weighted by Gasteiger charge is 2.26. The van der Waals surface area contributed by atoms with E-state index in [0.717, 1.165) is 19.4 Å². The maximum Gasteiger partial charge on any atom is 0.253 e. The highest BCUT2D eigenvalue weighted by molar-refractivity contribution is 6.00. The topological polar surface area (TPSA) is 62.3 Å². The second-order valence-corrected chi connectivity index (χ2v) is 6.98. The lowest BCUT2D eigenvalue weighted by Crippen LogP contribution is -2.46. The molecule has 1 fully saturated rings. The number of nitrogens with one attached hydrogen (secondary N) is 1. The molecule has 0 radical (unpaired) electrons. The van der Waals surface area contributed by atoms with Gasteiger partial charge in [-0.3, -0.25) is 14.6 Å². The minimum atomic E-state index is -0.504. The van der Waals surface area contributed by atoms with Crippen LogP contribution in [0.3, 0.4) is 0 Å². The van der Waals surface area contributed by atoms with Gasteiger partial charge in [0.25, 0.3) is 5.91 Å². The molecule has 138 valence electrons. The summed E-state index contributed by atoms with van der Waals surface area (Å²) >= 11 is 0. The average molecular weight is 357 g/mol. The molecule has 0 spiro atoms. The number of nitrogens with zero attached hydrogens (tertiary/aromatic N) is 2. The van der Waals surface area contributed by atoms with Crippen LogP contribution in [0.5, 0.6) is 0 Å². The van der Waals surface area contributed by atoms with Crippen LogP contribution < -0.4 is 10.2 Å². The van der Waals surface area contributed by atoms with E-state index < -0.39 is 6.04 Å². The lowest BCUT2D eigenvalue weighted by atomic mass is 10.0. The fourth-order valence-electron chi connectivity index (χ4n) is 3.26. The van der Waals surface area contributed by atoms with E-state index in [0.29, 0.717) is 34.6 Å². The Balaban J connectivity index is 1.86. The Labute approximate surface area is 152 Å². The van der Waals surface area contributed by atoms with E-state index in [1.807, 2.05) is 11.8 Å². The Bertz CT molecular complexity index is 852. The number of carbonyl (C=O) groups excluding carboxylic acids is 2. The Hall–Kier alpha value is -2.50. The first-order valence-electron chi connectivity index (χ1n) is 9.08. The summed E-state index contributed by atoms with van der Waals surface area (Å²) < 4.78 is 14.5. The maximum atomic E-state index is 14.5. The van der Waals surface area contributed by atoms with Crippen molar-refractivity contribution in [3.63, 3.8) is 0 Å². The molecule has 2 aromatic rings. The highest BCUT2D eigenvalue weighted by atomic mass is 19.1. The quantitative estimate of drug-likeness (QED) is 0.860. The smallest absolute Gasteiger partial charge is 0.253 e. The van der Waals surface area contributed by atoms with Crippen molar-refractivity contribution < 1.29 is 14.0 Å². The number of halogens is 1. The molecule has 1 aliphatic rings. The minimum Gasteiger partial charge on any atom is -0.366 e. The maximum absolute atomic E-state index is 14.5. The van der Waals surface area contributed by atoms with Gasteiger partial charge >= 0.3 is 0 Å². The van der Waals surface area contributed by atoms with E-state index in [4.69, 9.17) is 0 Å². The summed E-state index contributed by atoms with van der Waals surface area (Å²) in [7, 11) is 0. The van der Waals surface area contributed by atoms with Crippen LogP contribution in [0.25, 0.3) is 10.9 Å². The third-order valence-electron chi connectivity index (χ3n) is 5.01. The van der Waals surface area contributed by atoms with Gasteiger partial charge in [-0.05, 0) is 44.9 Å². The summed E-state index contributed by atoms with van der Waals surface area (Å²) in [6.07, 6.45) is 3.92. The fraction of sp³-hybridized carbons (Fsp3) is 0.450.